The molecule has 1 aliphatic heterocycles. The molecule has 0 spiro atoms. The third kappa shape index (κ3) is 3.98. The lowest BCUT2D eigenvalue weighted by Gasteiger charge is -2.39. The third-order valence-electron chi connectivity index (χ3n) is 4.28. The highest BCUT2D eigenvalue weighted by atomic mass is 19.4. The van der Waals surface area contributed by atoms with Crippen molar-refractivity contribution in [2.24, 2.45) is 0 Å². The van der Waals surface area contributed by atoms with E-state index in [0.717, 1.165) is 6.42 Å². The lowest BCUT2D eigenvalue weighted by Crippen LogP contribution is -2.54. The quantitative estimate of drug-likeness (QED) is 0.911. The van der Waals surface area contributed by atoms with E-state index in [2.05, 4.69) is 4.98 Å². The third-order valence-corrected chi connectivity index (χ3v) is 4.28. The van der Waals surface area contributed by atoms with Crippen molar-refractivity contribution in [1.29, 1.82) is 0 Å². The van der Waals surface area contributed by atoms with Gasteiger partial charge in [-0.25, -0.2) is 4.98 Å². The summed E-state index contributed by atoms with van der Waals surface area (Å²) in [5.74, 6) is -0.0883. The molecule has 8 heteroatoms. The first-order valence-corrected chi connectivity index (χ1v) is 7.87. The molecule has 1 amide bonds. The molecule has 1 aliphatic rings. The van der Waals surface area contributed by atoms with Crippen LogP contribution in [0, 0.1) is 0 Å². The van der Waals surface area contributed by atoms with Crippen LogP contribution >= 0.6 is 0 Å². The molecule has 5 nitrogen and oxygen atoms in total. The second-order valence-electron chi connectivity index (χ2n) is 6.04. The Balaban J connectivity index is 2.04. The first kappa shape index (κ1) is 18.5. The summed E-state index contributed by atoms with van der Waals surface area (Å²) in [7, 11) is 0. The van der Waals surface area contributed by atoms with Gasteiger partial charge in [-0.3, -0.25) is 4.79 Å². The van der Waals surface area contributed by atoms with E-state index in [1.165, 1.54) is 23.2 Å². The van der Waals surface area contributed by atoms with Crippen LogP contribution in [0.5, 0.6) is 5.88 Å². The minimum atomic E-state index is -4.68. The van der Waals surface area contributed by atoms with Gasteiger partial charge in [0, 0.05) is 43.8 Å². The summed E-state index contributed by atoms with van der Waals surface area (Å²) in [5, 5.41) is 9.66. The molecule has 1 fully saturated rings. The van der Waals surface area contributed by atoms with Gasteiger partial charge in [0.1, 0.15) is 0 Å². The van der Waals surface area contributed by atoms with Crippen molar-refractivity contribution in [1.82, 2.24) is 9.88 Å². The molecule has 0 radical (unpaired) electrons. The van der Waals surface area contributed by atoms with Gasteiger partial charge in [-0.1, -0.05) is 6.92 Å². The van der Waals surface area contributed by atoms with Gasteiger partial charge in [-0.05, 0) is 19.4 Å². The van der Waals surface area contributed by atoms with Crippen LogP contribution in [-0.2, 0) is 0 Å². The summed E-state index contributed by atoms with van der Waals surface area (Å²) in [6.45, 7) is 3.52. The van der Waals surface area contributed by atoms with Gasteiger partial charge in [0.05, 0.1) is 6.10 Å². The van der Waals surface area contributed by atoms with Crippen LogP contribution in [0.15, 0.2) is 18.3 Å². The van der Waals surface area contributed by atoms with Gasteiger partial charge in [0.25, 0.3) is 5.91 Å². The van der Waals surface area contributed by atoms with E-state index in [0.29, 0.717) is 11.4 Å². The number of hydrogen-bond acceptors (Lipinski definition) is 4. The molecule has 1 aromatic heterocycles. The number of likely N-dealkylation sites (tertiary alicyclic amines) is 1. The Morgan fingerprint density at radius 1 is 1.46 bits per heavy atom. The van der Waals surface area contributed by atoms with E-state index in [-0.39, 0.29) is 19.2 Å². The molecule has 1 saturated heterocycles. The maximum atomic E-state index is 12.8. The molecule has 1 unspecified atom stereocenters. The van der Waals surface area contributed by atoms with Gasteiger partial charge in [-0.2, -0.15) is 13.2 Å². The summed E-state index contributed by atoms with van der Waals surface area (Å²) in [5.41, 5.74) is -2.41. The normalized spacial score (nSPS) is 19.0. The van der Waals surface area contributed by atoms with Crippen molar-refractivity contribution in [3.05, 3.63) is 23.9 Å². The second-order valence-corrected chi connectivity index (χ2v) is 6.04. The van der Waals surface area contributed by atoms with Crippen LogP contribution in [0.3, 0.4) is 0 Å². The number of aliphatic hydroxyl groups is 1. The lowest BCUT2D eigenvalue weighted by atomic mass is 9.90. The molecule has 1 atom stereocenters. The van der Waals surface area contributed by atoms with Crippen molar-refractivity contribution in [2.45, 2.75) is 51.0 Å². The predicted molar refractivity (Wildman–Crippen MR) is 80.8 cm³/mol. The average Bonchev–Trinajstić information content (AvgIpc) is 2.54. The molecular weight excluding hydrogens is 325 g/mol. The molecule has 1 N–H and O–H groups in total. The summed E-state index contributed by atoms with van der Waals surface area (Å²) in [6.07, 6.45) is -3.58. The lowest BCUT2D eigenvalue weighted by molar-refractivity contribution is -0.271. The van der Waals surface area contributed by atoms with E-state index in [9.17, 15) is 23.1 Å². The zero-order chi connectivity index (χ0) is 18.0. The molecule has 134 valence electrons. The Bertz CT molecular complexity index is 584. The molecule has 0 bridgehead atoms. The van der Waals surface area contributed by atoms with Gasteiger partial charge in [0.2, 0.25) is 5.88 Å². The fourth-order valence-electron chi connectivity index (χ4n) is 2.44. The Kier molecular flexibility index (Phi) is 5.37. The van der Waals surface area contributed by atoms with E-state index in [4.69, 9.17) is 4.74 Å². The number of halogens is 3. The van der Waals surface area contributed by atoms with Crippen molar-refractivity contribution in [3.63, 3.8) is 0 Å². The number of alkyl halides is 3. The predicted octanol–water partition coefficient (Wildman–Crippen LogP) is 2.79. The van der Waals surface area contributed by atoms with Crippen molar-refractivity contribution < 1.29 is 27.8 Å². The highest BCUT2D eigenvalue weighted by molar-refractivity contribution is 5.94. The molecule has 0 aromatic carbocycles. The fourth-order valence-corrected chi connectivity index (χ4v) is 2.44. The van der Waals surface area contributed by atoms with Crippen LogP contribution in [-0.4, -0.2) is 51.9 Å². The number of carbonyl (C=O) groups is 1. The molecule has 2 rings (SSSR count). The van der Waals surface area contributed by atoms with E-state index in [1.807, 2.05) is 13.8 Å². The number of carbonyl (C=O) groups excluding carboxylic acids is 1. The number of piperidine rings is 1. The van der Waals surface area contributed by atoms with Crippen LogP contribution < -0.4 is 4.74 Å². The largest absolute Gasteiger partial charge is 0.475 e. The minimum absolute atomic E-state index is 0.0559. The highest BCUT2D eigenvalue weighted by Crippen LogP contribution is 2.38. The van der Waals surface area contributed by atoms with Gasteiger partial charge in [0.15, 0.2) is 5.60 Å². The number of ether oxygens (including phenoxy) is 1. The minimum Gasteiger partial charge on any atom is -0.475 e. The fraction of sp³-hybridized carbons (Fsp3) is 0.625. The standard InChI is InChI=1S/C16H21F3N2O3/c1-3-11(2)24-13-10-12(4-7-20-13)14(22)21-8-5-15(23,6-9-21)16(17,18)19/h4,7,10-11,23H,3,5-6,8-9H2,1-2H3. The van der Waals surface area contributed by atoms with Gasteiger partial charge in [-0.15, -0.1) is 0 Å². The zero-order valence-corrected chi connectivity index (χ0v) is 13.6. The van der Waals surface area contributed by atoms with Crippen LogP contribution in [0.4, 0.5) is 13.2 Å². The number of amides is 1. The maximum Gasteiger partial charge on any atom is 0.417 e. The number of nitrogens with zero attached hydrogens (tertiary/aromatic N) is 2. The molecule has 0 saturated carbocycles. The monoisotopic (exact) mass is 346 g/mol. The SMILES string of the molecule is CCC(C)Oc1cc(C(=O)N2CCC(O)(C(F)(F)F)CC2)ccn1. The molecular formula is C16H21F3N2O3. The number of rotatable bonds is 4. The summed E-state index contributed by atoms with van der Waals surface area (Å²) in [6, 6.07) is 2.98. The van der Waals surface area contributed by atoms with E-state index >= 15 is 0 Å². The van der Waals surface area contributed by atoms with Gasteiger partial charge < -0.3 is 14.7 Å². The van der Waals surface area contributed by atoms with Crippen LogP contribution in [0.2, 0.25) is 0 Å². The van der Waals surface area contributed by atoms with Crippen LogP contribution in [0.1, 0.15) is 43.5 Å². The van der Waals surface area contributed by atoms with Crippen LogP contribution in [0.25, 0.3) is 0 Å². The Morgan fingerprint density at radius 3 is 2.62 bits per heavy atom. The number of aromatic nitrogens is 1. The summed E-state index contributed by atoms with van der Waals surface area (Å²) in [4.78, 5) is 17.8. The Labute approximate surface area is 138 Å². The Morgan fingerprint density at radius 2 is 2.08 bits per heavy atom. The smallest absolute Gasteiger partial charge is 0.417 e. The van der Waals surface area contributed by atoms with Crippen molar-refractivity contribution in [3.8, 4) is 5.88 Å². The second kappa shape index (κ2) is 6.96. The maximum absolute atomic E-state index is 12.8. The highest BCUT2D eigenvalue weighted by Gasteiger charge is 2.54. The van der Waals surface area contributed by atoms with Crippen molar-refractivity contribution in [2.75, 3.05) is 13.1 Å². The zero-order valence-electron chi connectivity index (χ0n) is 13.6. The first-order valence-electron chi connectivity index (χ1n) is 7.87. The van der Waals surface area contributed by atoms with E-state index in [1.54, 1.807) is 0 Å². The number of hydrogen-bond donors (Lipinski definition) is 1. The first-order chi connectivity index (χ1) is 11.2. The van der Waals surface area contributed by atoms with E-state index < -0.39 is 30.5 Å². The van der Waals surface area contributed by atoms with Crippen molar-refractivity contribution >= 4 is 5.91 Å². The molecule has 1 aromatic rings. The average molecular weight is 346 g/mol. The topological polar surface area (TPSA) is 62.7 Å². The van der Waals surface area contributed by atoms with Gasteiger partial charge >= 0.3 is 6.18 Å². The Hall–Kier alpha value is -1.83. The summed E-state index contributed by atoms with van der Waals surface area (Å²) >= 11 is 0. The number of pyridine rings is 1. The molecule has 0 aliphatic carbocycles. The molecule has 2 heterocycles. The summed E-state index contributed by atoms with van der Waals surface area (Å²) < 4.78 is 44.0. The molecule has 24 heavy (non-hydrogen) atoms.